The lowest BCUT2D eigenvalue weighted by Gasteiger charge is -2.03. The van der Waals surface area contributed by atoms with Crippen LogP contribution in [-0.2, 0) is 9.59 Å². The highest BCUT2D eigenvalue weighted by molar-refractivity contribution is 5.91. The van der Waals surface area contributed by atoms with Crippen molar-refractivity contribution in [2.24, 2.45) is 0 Å². The Balaban J connectivity index is 2.38. The molecule has 0 saturated carbocycles. The molecule has 0 unspecified atom stereocenters. The Bertz CT molecular complexity index is 470. The van der Waals surface area contributed by atoms with Crippen LogP contribution in [0.4, 0.5) is 0 Å². The van der Waals surface area contributed by atoms with Gasteiger partial charge in [-0.1, -0.05) is 12.1 Å². The molecule has 2 amide bonds. The van der Waals surface area contributed by atoms with Crippen LogP contribution in [0.15, 0.2) is 30.3 Å². The number of hydrogen-bond acceptors (Lipinski definition) is 3. The zero-order valence-electron chi connectivity index (χ0n) is 11.1. The first kappa shape index (κ1) is 14.8. The van der Waals surface area contributed by atoms with E-state index in [-0.39, 0.29) is 11.8 Å². The molecule has 5 heteroatoms. The Hall–Kier alpha value is -2.30. The van der Waals surface area contributed by atoms with E-state index in [0.717, 1.165) is 11.3 Å². The second kappa shape index (κ2) is 7.92. The van der Waals surface area contributed by atoms with Crippen LogP contribution in [0.5, 0.6) is 5.75 Å². The standard InChI is InChI=1S/C14H18N2O3/c1-11(17)15-8-9-16-14(18)7-6-12-4-3-5-13(10-12)19-2/h3-7,10H,8-9H2,1-2H3,(H,15,17)(H,16,18)/b7-6+. The van der Waals surface area contributed by atoms with E-state index >= 15 is 0 Å². The summed E-state index contributed by atoms with van der Waals surface area (Å²) in [5, 5.41) is 5.26. The van der Waals surface area contributed by atoms with Crippen molar-refractivity contribution < 1.29 is 14.3 Å². The Labute approximate surface area is 112 Å². The van der Waals surface area contributed by atoms with Gasteiger partial charge in [0.1, 0.15) is 5.75 Å². The third kappa shape index (κ3) is 6.26. The molecule has 5 nitrogen and oxygen atoms in total. The lowest BCUT2D eigenvalue weighted by Crippen LogP contribution is -2.32. The van der Waals surface area contributed by atoms with Crippen LogP contribution in [0.2, 0.25) is 0 Å². The van der Waals surface area contributed by atoms with Crippen LogP contribution in [-0.4, -0.2) is 32.0 Å². The van der Waals surface area contributed by atoms with Gasteiger partial charge in [-0.15, -0.1) is 0 Å². The molecule has 0 radical (unpaired) electrons. The first-order valence-corrected chi connectivity index (χ1v) is 5.96. The predicted molar refractivity (Wildman–Crippen MR) is 73.7 cm³/mol. The number of rotatable bonds is 6. The van der Waals surface area contributed by atoms with Gasteiger partial charge in [-0.05, 0) is 23.8 Å². The molecule has 102 valence electrons. The van der Waals surface area contributed by atoms with Crippen molar-refractivity contribution in [3.63, 3.8) is 0 Å². The molecule has 0 aliphatic carbocycles. The van der Waals surface area contributed by atoms with Crippen molar-refractivity contribution in [1.29, 1.82) is 0 Å². The average molecular weight is 262 g/mol. The summed E-state index contributed by atoms with van der Waals surface area (Å²) < 4.78 is 5.09. The van der Waals surface area contributed by atoms with E-state index in [2.05, 4.69) is 10.6 Å². The van der Waals surface area contributed by atoms with E-state index in [1.807, 2.05) is 24.3 Å². The van der Waals surface area contributed by atoms with Crippen LogP contribution in [0, 0.1) is 0 Å². The molecule has 0 fully saturated rings. The second-order valence-electron chi connectivity index (χ2n) is 3.88. The number of carbonyl (C=O) groups is 2. The fourth-order valence-electron chi connectivity index (χ4n) is 1.40. The maximum Gasteiger partial charge on any atom is 0.244 e. The van der Waals surface area contributed by atoms with Gasteiger partial charge in [0.05, 0.1) is 7.11 Å². The Morgan fingerprint density at radius 3 is 2.68 bits per heavy atom. The zero-order chi connectivity index (χ0) is 14.1. The molecule has 0 aliphatic heterocycles. The third-order valence-corrected chi connectivity index (χ3v) is 2.32. The minimum atomic E-state index is -0.201. The van der Waals surface area contributed by atoms with E-state index in [1.54, 1.807) is 13.2 Å². The molecule has 0 atom stereocenters. The number of nitrogens with one attached hydrogen (secondary N) is 2. The van der Waals surface area contributed by atoms with E-state index in [1.165, 1.54) is 13.0 Å². The fraction of sp³-hybridized carbons (Fsp3) is 0.286. The highest BCUT2D eigenvalue weighted by Crippen LogP contribution is 2.13. The minimum absolute atomic E-state index is 0.110. The Morgan fingerprint density at radius 1 is 1.26 bits per heavy atom. The van der Waals surface area contributed by atoms with Gasteiger partial charge < -0.3 is 15.4 Å². The van der Waals surface area contributed by atoms with Crippen molar-refractivity contribution in [2.75, 3.05) is 20.2 Å². The number of carbonyl (C=O) groups excluding carboxylic acids is 2. The molecule has 19 heavy (non-hydrogen) atoms. The molecule has 1 rings (SSSR count). The van der Waals surface area contributed by atoms with Gasteiger partial charge >= 0.3 is 0 Å². The largest absolute Gasteiger partial charge is 0.497 e. The van der Waals surface area contributed by atoms with Gasteiger partial charge in [-0.2, -0.15) is 0 Å². The second-order valence-corrected chi connectivity index (χ2v) is 3.88. The summed E-state index contributed by atoms with van der Waals surface area (Å²) in [6, 6.07) is 7.41. The van der Waals surface area contributed by atoms with Crippen molar-refractivity contribution in [1.82, 2.24) is 10.6 Å². The number of methoxy groups -OCH3 is 1. The summed E-state index contributed by atoms with van der Waals surface area (Å²) in [4.78, 5) is 22.1. The van der Waals surface area contributed by atoms with E-state index in [4.69, 9.17) is 4.74 Å². The van der Waals surface area contributed by atoms with Gasteiger partial charge in [0.15, 0.2) is 0 Å². The van der Waals surface area contributed by atoms with Crippen LogP contribution >= 0.6 is 0 Å². The Morgan fingerprint density at radius 2 is 2.00 bits per heavy atom. The number of benzene rings is 1. The third-order valence-electron chi connectivity index (χ3n) is 2.32. The Kier molecular flexibility index (Phi) is 6.15. The molecule has 2 N–H and O–H groups in total. The first-order chi connectivity index (χ1) is 9.11. The van der Waals surface area contributed by atoms with Gasteiger partial charge in [0.25, 0.3) is 0 Å². The molecule has 1 aromatic rings. The topological polar surface area (TPSA) is 67.4 Å². The minimum Gasteiger partial charge on any atom is -0.497 e. The van der Waals surface area contributed by atoms with Crippen LogP contribution in [0.3, 0.4) is 0 Å². The smallest absolute Gasteiger partial charge is 0.244 e. The molecular formula is C14H18N2O3. The van der Waals surface area contributed by atoms with Gasteiger partial charge in [0, 0.05) is 26.1 Å². The van der Waals surface area contributed by atoms with Crippen molar-refractivity contribution in [3.8, 4) is 5.75 Å². The van der Waals surface area contributed by atoms with Crippen molar-refractivity contribution in [2.45, 2.75) is 6.92 Å². The van der Waals surface area contributed by atoms with Crippen molar-refractivity contribution >= 4 is 17.9 Å². The summed E-state index contributed by atoms with van der Waals surface area (Å²) in [6.07, 6.45) is 3.15. The maximum atomic E-state index is 11.5. The first-order valence-electron chi connectivity index (χ1n) is 5.96. The molecule has 0 saturated heterocycles. The van der Waals surface area contributed by atoms with Crippen molar-refractivity contribution in [3.05, 3.63) is 35.9 Å². The van der Waals surface area contributed by atoms with E-state index in [9.17, 15) is 9.59 Å². The zero-order valence-corrected chi connectivity index (χ0v) is 11.1. The van der Waals surface area contributed by atoms with E-state index < -0.39 is 0 Å². The molecule has 1 aromatic carbocycles. The molecule has 0 spiro atoms. The highest BCUT2D eigenvalue weighted by atomic mass is 16.5. The molecule has 0 aromatic heterocycles. The molecule has 0 bridgehead atoms. The lowest BCUT2D eigenvalue weighted by molar-refractivity contribution is -0.119. The normalized spacial score (nSPS) is 10.2. The quantitative estimate of drug-likeness (QED) is 0.593. The SMILES string of the molecule is COc1cccc(/C=C/C(=O)NCCNC(C)=O)c1. The number of ether oxygens (including phenoxy) is 1. The monoisotopic (exact) mass is 262 g/mol. The highest BCUT2D eigenvalue weighted by Gasteiger charge is 1.96. The molecule has 0 aliphatic rings. The average Bonchev–Trinajstić information content (AvgIpc) is 2.41. The summed E-state index contributed by atoms with van der Waals surface area (Å²) in [7, 11) is 1.59. The summed E-state index contributed by atoms with van der Waals surface area (Å²) in [5.41, 5.74) is 0.886. The predicted octanol–water partition coefficient (Wildman–Crippen LogP) is 0.961. The van der Waals surface area contributed by atoms with Crippen LogP contribution in [0.1, 0.15) is 12.5 Å². The number of hydrogen-bond donors (Lipinski definition) is 2. The summed E-state index contributed by atoms with van der Waals surface area (Å²) >= 11 is 0. The van der Waals surface area contributed by atoms with Gasteiger partial charge in [-0.3, -0.25) is 9.59 Å². The molecular weight excluding hydrogens is 244 g/mol. The van der Waals surface area contributed by atoms with E-state index in [0.29, 0.717) is 13.1 Å². The van der Waals surface area contributed by atoms with Gasteiger partial charge in [0.2, 0.25) is 11.8 Å². The summed E-state index contributed by atoms with van der Waals surface area (Å²) in [5.74, 6) is 0.433. The molecule has 0 heterocycles. The van der Waals surface area contributed by atoms with Gasteiger partial charge in [-0.25, -0.2) is 0 Å². The number of amides is 2. The maximum absolute atomic E-state index is 11.5. The van der Waals surface area contributed by atoms with Crippen LogP contribution < -0.4 is 15.4 Å². The lowest BCUT2D eigenvalue weighted by atomic mass is 10.2. The summed E-state index contributed by atoms with van der Waals surface area (Å²) in [6.45, 7) is 2.26. The van der Waals surface area contributed by atoms with Crippen LogP contribution in [0.25, 0.3) is 6.08 Å². The fourth-order valence-corrected chi connectivity index (χ4v) is 1.40.